The van der Waals surface area contributed by atoms with Crippen LogP contribution in [-0.4, -0.2) is 54.1 Å². The monoisotopic (exact) mass is 495 g/mol. The van der Waals surface area contributed by atoms with Gasteiger partial charge in [-0.25, -0.2) is 0 Å². The Morgan fingerprint density at radius 3 is 2.15 bits per heavy atom. The number of nitrogens with zero attached hydrogens (tertiary/aromatic N) is 1. The van der Waals surface area contributed by atoms with E-state index in [1.165, 1.54) is 0 Å². The molecule has 27 heavy (non-hydrogen) atoms. The van der Waals surface area contributed by atoms with Crippen LogP contribution in [0.4, 0.5) is 0 Å². The minimum Gasteiger partial charge on any atom is -0.493 e. The number of nitrogens with one attached hydrogen (secondary N) is 2. The predicted molar refractivity (Wildman–Crippen MR) is 120 cm³/mol. The Morgan fingerprint density at radius 2 is 1.67 bits per heavy atom. The molecular weight excluding hydrogens is 461 g/mol. The molecule has 0 spiro atoms. The quantitative estimate of drug-likeness (QED) is 0.213. The van der Waals surface area contributed by atoms with E-state index in [4.69, 9.17) is 18.9 Å². The lowest BCUT2D eigenvalue weighted by Crippen LogP contribution is -2.37. The third-order valence-electron chi connectivity index (χ3n) is 3.62. The van der Waals surface area contributed by atoms with Crippen molar-refractivity contribution in [3.05, 3.63) is 17.7 Å². The molecule has 2 N–H and O–H groups in total. The minimum atomic E-state index is 0. The number of benzene rings is 1. The Balaban J connectivity index is 0.00000676. The SMILES string of the molecule is CN=C(NCCCOCC(C)C)NCc1cc(OC)c(OC)c(OC)c1.I. The van der Waals surface area contributed by atoms with Crippen molar-refractivity contribution in [2.24, 2.45) is 10.9 Å². The first-order valence-electron chi connectivity index (χ1n) is 8.86. The summed E-state index contributed by atoms with van der Waals surface area (Å²) < 4.78 is 21.7. The molecule has 0 aromatic heterocycles. The summed E-state index contributed by atoms with van der Waals surface area (Å²) in [6.45, 7) is 7.22. The first-order valence-corrected chi connectivity index (χ1v) is 8.86. The van der Waals surface area contributed by atoms with Crippen LogP contribution in [-0.2, 0) is 11.3 Å². The summed E-state index contributed by atoms with van der Waals surface area (Å²) in [7, 11) is 6.56. The number of halogens is 1. The molecule has 0 saturated carbocycles. The Bertz CT molecular complexity index is 543. The van der Waals surface area contributed by atoms with Crippen LogP contribution in [0.2, 0.25) is 0 Å². The van der Waals surface area contributed by atoms with E-state index in [1.54, 1.807) is 28.4 Å². The van der Waals surface area contributed by atoms with Crippen molar-refractivity contribution in [3.8, 4) is 17.2 Å². The predicted octanol–water partition coefficient (Wildman–Crippen LogP) is 3.06. The molecule has 0 bridgehead atoms. The third-order valence-corrected chi connectivity index (χ3v) is 3.62. The molecule has 0 amide bonds. The highest BCUT2D eigenvalue weighted by Crippen LogP contribution is 2.38. The molecule has 8 heteroatoms. The maximum Gasteiger partial charge on any atom is 0.203 e. The van der Waals surface area contributed by atoms with E-state index in [-0.39, 0.29) is 24.0 Å². The van der Waals surface area contributed by atoms with E-state index in [9.17, 15) is 0 Å². The number of hydrogen-bond acceptors (Lipinski definition) is 5. The number of methoxy groups -OCH3 is 3. The van der Waals surface area contributed by atoms with Crippen LogP contribution in [0.15, 0.2) is 17.1 Å². The number of guanidine groups is 1. The second kappa shape index (κ2) is 14.6. The molecule has 0 unspecified atom stereocenters. The van der Waals surface area contributed by atoms with Gasteiger partial charge >= 0.3 is 0 Å². The van der Waals surface area contributed by atoms with Gasteiger partial charge in [0.25, 0.3) is 0 Å². The fraction of sp³-hybridized carbons (Fsp3) is 0.632. The molecule has 0 aliphatic rings. The van der Waals surface area contributed by atoms with Gasteiger partial charge in [-0.15, -0.1) is 24.0 Å². The zero-order valence-corrected chi connectivity index (χ0v) is 19.6. The molecule has 1 aromatic rings. The van der Waals surface area contributed by atoms with Crippen LogP contribution in [0.1, 0.15) is 25.8 Å². The number of hydrogen-bond donors (Lipinski definition) is 2. The molecular formula is C19H34IN3O4. The average Bonchev–Trinajstić information content (AvgIpc) is 2.65. The Kier molecular flexibility index (Phi) is 13.8. The Morgan fingerprint density at radius 1 is 1.04 bits per heavy atom. The van der Waals surface area contributed by atoms with Crippen LogP contribution in [0, 0.1) is 5.92 Å². The van der Waals surface area contributed by atoms with Crippen LogP contribution in [0.3, 0.4) is 0 Å². The highest BCUT2D eigenvalue weighted by molar-refractivity contribution is 14.0. The lowest BCUT2D eigenvalue weighted by atomic mass is 10.2. The second-order valence-electron chi connectivity index (χ2n) is 6.21. The van der Waals surface area contributed by atoms with Gasteiger partial charge in [0.15, 0.2) is 17.5 Å². The first kappa shape index (κ1) is 25.6. The zero-order valence-electron chi connectivity index (χ0n) is 17.3. The summed E-state index contributed by atoms with van der Waals surface area (Å²) in [6.07, 6.45) is 0.928. The average molecular weight is 495 g/mol. The summed E-state index contributed by atoms with van der Waals surface area (Å²) in [5, 5.41) is 6.56. The molecule has 0 atom stereocenters. The molecule has 7 nitrogen and oxygen atoms in total. The fourth-order valence-corrected chi connectivity index (χ4v) is 2.34. The molecule has 0 saturated heterocycles. The summed E-state index contributed by atoms with van der Waals surface area (Å²) in [6, 6.07) is 3.84. The number of rotatable bonds is 11. The molecule has 1 aromatic carbocycles. The standard InChI is InChI=1S/C19H33N3O4.HI/c1-14(2)13-26-9-7-8-21-19(20-3)22-12-15-10-16(23-4)18(25-6)17(11-15)24-5;/h10-11,14H,7-9,12-13H2,1-6H3,(H2,20,21,22);1H. The fourth-order valence-electron chi connectivity index (χ4n) is 2.34. The van der Waals surface area contributed by atoms with Crippen molar-refractivity contribution in [1.82, 2.24) is 10.6 Å². The molecule has 0 fully saturated rings. The van der Waals surface area contributed by atoms with Gasteiger partial charge in [-0.2, -0.15) is 0 Å². The van der Waals surface area contributed by atoms with E-state index in [2.05, 4.69) is 29.5 Å². The van der Waals surface area contributed by atoms with Gasteiger partial charge in [0.1, 0.15) is 0 Å². The zero-order chi connectivity index (χ0) is 19.4. The van der Waals surface area contributed by atoms with Crippen molar-refractivity contribution >= 4 is 29.9 Å². The van der Waals surface area contributed by atoms with E-state index in [1.807, 2.05) is 12.1 Å². The van der Waals surface area contributed by atoms with Crippen LogP contribution in [0.25, 0.3) is 0 Å². The van der Waals surface area contributed by atoms with Crippen molar-refractivity contribution in [3.63, 3.8) is 0 Å². The molecule has 156 valence electrons. The van der Waals surface area contributed by atoms with E-state index < -0.39 is 0 Å². The number of ether oxygens (including phenoxy) is 4. The van der Waals surface area contributed by atoms with E-state index in [0.29, 0.717) is 29.7 Å². The second-order valence-corrected chi connectivity index (χ2v) is 6.21. The largest absolute Gasteiger partial charge is 0.493 e. The summed E-state index contributed by atoms with van der Waals surface area (Å²) in [5.74, 6) is 3.16. The van der Waals surface area contributed by atoms with Gasteiger partial charge in [-0.1, -0.05) is 13.8 Å². The molecule has 0 aliphatic carbocycles. The maximum atomic E-state index is 5.57. The van der Waals surface area contributed by atoms with Crippen LogP contribution < -0.4 is 24.8 Å². The lowest BCUT2D eigenvalue weighted by molar-refractivity contribution is 0.108. The van der Waals surface area contributed by atoms with Gasteiger partial charge in [0.05, 0.1) is 21.3 Å². The summed E-state index contributed by atoms with van der Waals surface area (Å²) in [5.41, 5.74) is 1.00. The topological polar surface area (TPSA) is 73.3 Å². The Labute approximate surface area is 180 Å². The molecule has 0 radical (unpaired) electrons. The summed E-state index contributed by atoms with van der Waals surface area (Å²) in [4.78, 5) is 4.23. The van der Waals surface area contributed by atoms with Gasteiger partial charge < -0.3 is 29.6 Å². The Hall–Kier alpha value is -1.42. The minimum absolute atomic E-state index is 0. The summed E-state index contributed by atoms with van der Waals surface area (Å²) >= 11 is 0. The smallest absolute Gasteiger partial charge is 0.203 e. The highest BCUT2D eigenvalue weighted by Gasteiger charge is 2.13. The van der Waals surface area contributed by atoms with E-state index >= 15 is 0 Å². The first-order chi connectivity index (χ1) is 12.5. The normalized spacial score (nSPS) is 11.0. The molecule has 1 rings (SSSR count). The van der Waals surface area contributed by atoms with Gasteiger partial charge in [0.2, 0.25) is 5.75 Å². The van der Waals surface area contributed by atoms with Gasteiger partial charge in [0, 0.05) is 33.4 Å². The maximum absolute atomic E-state index is 5.57. The van der Waals surface area contributed by atoms with Crippen molar-refractivity contribution < 1.29 is 18.9 Å². The lowest BCUT2D eigenvalue weighted by Gasteiger charge is -2.16. The van der Waals surface area contributed by atoms with Crippen molar-refractivity contribution in [2.75, 3.05) is 48.1 Å². The van der Waals surface area contributed by atoms with E-state index in [0.717, 1.165) is 37.7 Å². The van der Waals surface area contributed by atoms with Gasteiger partial charge in [-0.3, -0.25) is 4.99 Å². The van der Waals surface area contributed by atoms with Crippen molar-refractivity contribution in [1.29, 1.82) is 0 Å². The van der Waals surface area contributed by atoms with Crippen LogP contribution in [0.5, 0.6) is 17.2 Å². The number of aliphatic imine (C=N–C) groups is 1. The molecule has 0 aliphatic heterocycles. The van der Waals surface area contributed by atoms with Gasteiger partial charge in [-0.05, 0) is 30.0 Å². The third kappa shape index (κ3) is 9.37. The van der Waals surface area contributed by atoms with Crippen LogP contribution >= 0.6 is 24.0 Å². The highest BCUT2D eigenvalue weighted by atomic mass is 127. The van der Waals surface area contributed by atoms with Crippen molar-refractivity contribution in [2.45, 2.75) is 26.8 Å². The molecule has 0 heterocycles.